The van der Waals surface area contributed by atoms with Gasteiger partial charge in [0.2, 0.25) is 0 Å². The second kappa shape index (κ2) is 4.41. The van der Waals surface area contributed by atoms with Crippen LogP contribution in [0.1, 0.15) is 18.4 Å². The van der Waals surface area contributed by atoms with E-state index in [1.165, 1.54) is 0 Å². The molecule has 5 heteroatoms. The summed E-state index contributed by atoms with van der Waals surface area (Å²) in [5, 5.41) is 9.09. The van der Waals surface area contributed by atoms with Crippen molar-refractivity contribution in [3.8, 4) is 0 Å². The molecule has 0 saturated carbocycles. The number of aryl methyl sites for hydroxylation is 1. The third-order valence-corrected chi connectivity index (χ3v) is 3.69. The van der Waals surface area contributed by atoms with E-state index in [1.807, 2.05) is 17.9 Å². The van der Waals surface area contributed by atoms with Gasteiger partial charge in [-0.3, -0.25) is 0 Å². The molecule has 0 spiro atoms. The first-order valence-electron chi connectivity index (χ1n) is 5.21. The fourth-order valence-corrected chi connectivity index (χ4v) is 2.20. The highest BCUT2D eigenvalue weighted by atomic mass is 79.9. The number of carboxylic acids is 1. The predicted octanol–water partition coefficient (Wildman–Crippen LogP) is 2.21. The Bertz CT molecular complexity index is 422. The van der Waals surface area contributed by atoms with Crippen LogP contribution in [0.5, 0.6) is 0 Å². The van der Waals surface area contributed by atoms with Crippen LogP contribution >= 0.6 is 15.9 Å². The number of carboxylic acid groups (broad SMARTS) is 1. The average Bonchev–Trinajstić information content (AvgIpc) is 2.71. The lowest BCUT2D eigenvalue weighted by Gasteiger charge is -2.22. The van der Waals surface area contributed by atoms with Crippen LogP contribution in [0.2, 0.25) is 0 Å². The second-order valence-electron chi connectivity index (χ2n) is 3.98. The predicted molar refractivity (Wildman–Crippen MR) is 64.7 cm³/mol. The SMILES string of the molecule is Cc1cc(N2CCCC2C(=O)O)ncc1Br. The van der Waals surface area contributed by atoms with Gasteiger partial charge in [0.1, 0.15) is 11.9 Å². The Balaban J connectivity index is 2.29. The molecule has 86 valence electrons. The number of nitrogens with zero attached hydrogens (tertiary/aromatic N) is 2. The van der Waals surface area contributed by atoms with E-state index >= 15 is 0 Å². The van der Waals surface area contributed by atoms with Gasteiger partial charge in [0.15, 0.2) is 0 Å². The second-order valence-corrected chi connectivity index (χ2v) is 4.84. The van der Waals surface area contributed by atoms with Crippen molar-refractivity contribution in [1.29, 1.82) is 0 Å². The van der Waals surface area contributed by atoms with E-state index in [0.717, 1.165) is 28.8 Å². The van der Waals surface area contributed by atoms with Crippen molar-refractivity contribution < 1.29 is 9.90 Å². The molecule has 0 amide bonds. The highest BCUT2D eigenvalue weighted by molar-refractivity contribution is 9.10. The fraction of sp³-hybridized carbons (Fsp3) is 0.455. The maximum atomic E-state index is 11.1. The number of pyridine rings is 1. The molecule has 16 heavy (non-hydrogen) atoms. The zero-order valence-corrected chi connectivity index (χ0v) is 10.6. The van der Waals surface area contributed by atoms with Crippen molar-refractivity contribution in [2.24, 2.45) is 0 Å². The molecule has 0 bridgehead atoms. The number of rotatable bonds is 2. The van der Waals surface area contributed by atoms with Crippen LogP contribution in [0.25, 0.3) is 0 Å². The third-order valence-electron chi connectivity index (χ3n) is 2.86. The van der Waals surface area contributed by atoms with E-state index in [0.29, 0.717) is 6.42 Å². The lowest BCUT2D eigenvalue weighted by Crippen LogP contribution is -2.36. The molecule has 1 aliphatic heterocycles. The first-order valence-corrected chi connectivity index (χ1v) is 6.00. The van der Waals surface area contributed by atoms with E-state index in [2.05, 4.69) is 20.9 Å². The Hall–Kier alpha value is -1.10. The highest BCUT2D eigenvalue weighted by Crippen LogP contribution is 2.26. The Labute approximate surface area is 102 Å². The maximum Gasteiger partial charge on any atom is 0.326 e. The largest absolute Gasteiger partial charge is 0.480 e. The zero-order valence-electron chi connectivity index (χ0n) is 8.98. The molecule has 4 nitrogen and oxygen atoms in total. The van der Waals surface area contributed by atoms with Crippen molar-refractivity contribution >= 4 is 27.7 Å². The molecule has 0 aromatic carbocycles. The van der Waals surface area contributed by atoms with Crippen molar-refractivity contribution in [1.82, 2.24) is 4.98 Å². The first kappa shape index (κ1) is 11.4. The Morgan fingerprint density at radius 1 is 1.69 bits per heavy atom. The lowest BCUT2D eigenvalue weighted by atomic mass is 10.2. The molecule has 0 aliphatic carbocycles. The van der Waals surface area contributed by atoms with Crippen LogP contribution < -0.4 is 4.90 Å². The van der Waals surface area contributed by atoms with Gasteiger partial charge in [-0.2, -0.15) is 0 Å². The molecule has 1 N–H and O–H groups in total. The molecule has 1 aromatic rings. The number of hydrogen-bond donors (Lipinski definition) is 1. The normalized spacial score (nSPS) is 20.1. The minimum absolute atomic E-state index is 0.423. The number of halogens is 1. The van der Waals surface area contributed by atoms with E-state index < -0.39 is 12.0 Å². The molecule has 1 fully saturated rings. The molecular formula is C11H13BrN2O2. The molecular weight excluding hydrogens is 272 g/mol. The number of aromatic nitrogens is 1. The quantitative estimate of drug-likeness (QED) is 0.905. The van der Waals surface area contributed by atoms with Gasteiger partial charge >= 0.3 is 5.97 Å². The molecule has 1 unspecified atom stereocenters. The maximum absolute atomic E-state index is 11.1. The summed E-state index contributed by atoms with van der Waals surface area (Å²) in [5.74, 6) is -0.00882. The van der Waals surface area contributed by atoms with E-state index in [4.69, 9.17) is 5.11 Å². The van der Waals surface area contributed by atoms with E-state index in [1.54, 1.807) is 6.20 Å². The molecule has 1 saturated heterocycles. The molecule has 1 aliphatic rings. The number of carbonyl (C=O) groups is 1. The monoisotopic (exact) mass is 284 g/mol. The summed E-state index contributed by atoms with van der Waals surface area (Å²) < 4.78 is 0.947. The standard InChI is InChI=1S/C11H13BrN2O2/c1-7-5-10(13-6-8(7)12)14-4-2-3-9(14)11(15)16/h5-6,9H,2-4H2,1H3,(H,15,16). The van der Waals surface area contributed by atoms with Crippen LogP contribution in [0.4, 0.5) is 5.82 Å². The van der Waals surface area contributed by atoms with Crippen molar-refractivity contribution in [2.75, 3.05) is 11.4 Å². The Morgan fingerprint density at radius 3 is 3.06 bits per heavy atom. The number of hydrogen-bond acceptors (Lipinski definition) is 3. The van der Waals surface area contributed by atoms with Crippen LogP contribution in [-0.2, 0) is 4.79 Å². The Kier molecular flexibility index (Phi) is 3.14. The number of anilines is 1. The highest BCUT2D eigenvalue weighted by Gasteiger charge is 2.31. The van der Waals surface area contributed by atoms with Crippen LogP contribution in [0.15, 0.2) is 16.7 Å². The van der Waals surface area contributed by atoms with Gasteiger partial charge in [-0.05, 0) is 47.3 Å². The van der Waals surface area contributed by atoms with Gasteiger partial charge in [0.05, 0.1) is 0 Å². The minimum Gasteiger partial charge on any atom is -0.480 e. The zero-order chi connectivity index (χ0) is 11.7. The lowest BCUT2D eigenvalue weighted by molar-refractivity contribution is -0.138. The number of aliphatic carboxylic acids is 1. The minimum atomic E-state index is -0.764. The summed E-state index contributed by atoms with van der Waals surface area (Å²) in [6, 6.07) is 1.50. The summed E-state index contributed by atoms with van der Waals surface area (Å²) in [7, 11) is 0. The third kappa shape index (κ3) is 2.04. The smallest absolute Gasteiger partial charge is 0.326 e. The van der Waals surface area contributed by atoms with Crippen LogP contribution in [0.3, 0.4) is 0 Å². The van der Waals surface area contributed by atoms with Crippen LogP contribution in [-0.4, -0.2) is 28.6 Å². The van der Waals surface area contributed by atoms with E-state index in [9.17, 15) is 4.79 Å². The van der Waals surface area contributed by atoms with Crippen molar-refractivity contribution in [2.45, 2.75) is 25.8 Å². The van der Waals surface area contributed by atoms with E-state index in [-0.39, 0.29) is 0 Å². The summed E-state index contributed by atoms with van der Waals surface area (Å²) in [4.78, 5) is 17.2. The van der Waals surface area contributed by atoms with Gasteiger partial charge in [0.25, 0.3) is 0 Å². The average molecular weight is 285 g/mol. The van der Waals surface area contributed by atoms with Gasteiger partial charge in [0, 0.05) is 17.2 Å². The molecule has 2 heterocycles. The summed E-state index contributed by atoms with van der Waals surface area (Å²) in [5.41, 5.74) is 1.07. The fourth-order valence-electron chi connectivity index (χ4n) is 1.98. The summed E-state index contributed by atoms with van der Waals surface area (Å²) >= 11 is 3.38. The summed E-state index contributed by atoms with van der Waals surface area (Å²) in [6.07, 6.45) is 3.34. The van der Waals surface area contributed by atoms with Crippen LogP contribution in [0, 0.1) is 6.92 Å². The molecule has 1 aromatic heterocycles. The Morgan fingerprint density at radius 2 is 2.44 bits per heavy atom. The molecule has 1 atom stereocenters. The van der Waals surface area contributed by atoms with Gasteiger partial charge in [-0.1, -0.05) is 0 Å². The van der Waals surface area contributed by atoms with Crippen molar-refractivity contribution in [3.63, 3.8) is 0 Å². The van der Waals surface area contributed by atoms with Crippen molar-refractivity contribution in [3.05, 3.63) is 22.3 Å². The van der Waals surface area contributed by atoms with Gasteiger partial charge in [-0.25, -0.2) is 9.78 Å². The molecule has 2 rings (SSSR count). The topological polar surface area (TPSA) is 53.4 Å². The van der Waals surface area contributed by atoms with Gasteiger partial charge in [-0.15, -0.1) is 0 Å². The van der Waals surface area contributed by atoms with Gasteiger partial charge < -0.3 is 10.0 Å². The summed E-state index contributed by atoms with van der Waals surface area (Å²) in [6.45, 7) is 2.74. The molecule has 0 radical (unpaired) electrons. The first-order chi connectivity index (χ1) is 7.59.